The molecule has 0 saturated carbocycles. The van der Waals surface area contributed by atoms with Crippen LogP contribution >= 0.6 is 0 Å². The van der Waals surface area contributed by atoms with Crippen LogP contribution < -0.4 is 0 Å². The summed E-state index contributed by atoms with van der Waals surface area (Å²) in [5.41, 5.74) is 0.957. The van der Waals surface area contributed by atoms with Gasteiger partial charge in [0.2, 0.25) is 0 Å². The highest BCUT2D eigenvalue weighted by atomic mass is 19.4. The maximum atomic E-state index is 12.9. The summed E-state index contributed by atoms with van der Waals surface area (Å²) in [6.07, 6.45) is -6.57. The number of ether oxygens (including phenoxy) is 1. The predicted molar refractivity (Wildman–Crippen MR) is 56.9 cm³/mol. The summed E-state index contributed by atoms with van der Waals surface area (Å²) < 4.78 is 90.4. The molecule has 9 heteroatoms. The molecule has 0 aliphatic heterocycles. The second-order valence-electron chi connectivity index (χ2n) is 4.21. The van der Waals surface area contributed by atoms with E-state index < -0.39 is 30.6 Å². The molecule has 118 valence electrons. The summed E-state index contributed by atoms with van der Waals surface area (Å²) in [4.78, 5) is 10.8. The van der Waals surface area contributed by atoms with Gasteiger partial charge in [0.15, 0.2) is 0 Å². The Bertz CT molecular complexity index is 505. The van der Waals surface area contributed by atoms with Crippen LogP contribution in [0.15, 0.2) is 24.3 Å². The van der Waals surface area contributed by atoms with Crippen LogP contribution in [0.1, 0.15) is 11.1 Å². The lowest BCUT2D eigenvalue weighted by Gasteiger charge is -2.26. The molecule has 0 saturated heterocycles. The molecule has 0 bridgehead atoms. The van der Waals surface area contributed by atoms with E-state index in [0.29, 0.717) is 0 Å². The van der Waals surface area contributed by atoms with E-state index in [2.05, 4.69) is 4.74 Å². The molecule has 1 aromatic carbocycles. The number of aryl methyl sites for hydroxylation is 1. The number of carbonyl (C=O) groups is 1. The zero-order valence-corrected chi connectivity index (χ0v) is 10.5. The monoisotopic (exact) mass is 318 g/mol. The fourth-order valence-corrected chi connectivity index (χ4v) is 1.23. The number of esters is 1. The lowest BCUT2D eigenvalue weighted by Crippen LogP contribution is -2.56. The Kier molecular flexibility index (Phi) is 4.54. The first-order valence-corrected chi connectivity index (χ1v) is 5.44. The minimum atomic E-state index is -6.57. The number of alkyl halides is 7. The lowest BCUT2D eigenvalue weighted by atomic mass is 10.1. The van der Waals surface area contributed by atoms with E-state index in [0.717, 1.165) is 5.56 Å². The van der Waals surface area contributed by atoms with Crippen LogP contribution in [0.2, 0.25) is 0 Å². The summed E-state index contributed by atoms with van der Waals surface area (Å²) in [6.45, 7) is 0.858. The zero-order valence-electron chi connectivity index (χ0n) is 10.5. The molecule has 1 rings (SSSR count). The number of hydrogen-bond donors (Lipinski definition) is 0. The topological polar surface area (TPSA) is 26.3 Å². The van der Waals surface area contributed by atoms with Gasteiger partial charge in [0.25, 0.3) is 0 Å². The molecule has 0 spiro atoms. The number of carbonyl (C=O) groups excluding carboxylic acids is 1. The number of rotatable bonds is 4. The average molecular weight is 318 g/mol. The fourth-order valence-electron chi connectivity index (χ4n) is 1.23. The SMILES string of the molecule is Cc1ccc(COC(=O)C(F)(F)C(F)(F)C(F)(F)F)cc1. The molecule has 0 aliphatic rings. The largest absolute Gasteiger partial charge is 0.460 e. The predicted octanol–water partition coefficient (Wildman–Crippen LogP) is 3.87. The number of hydrogen-bond acceptors (Lipinski definition) is 2. The average Bonchev–Trinajstić information content (AvgIpc) is 2.36. The minimum Gasteiger partial charge on any atom is -0.456 e. The van der Waals surface area contributed by atoms with Crippen molar-refractivity contribution in [2.75, 3.05) is 0 Å². The van der Waals surface area contributed by atoms with Gasteiger partial charge in [-0.25, -0.2) is 4.79 Å². The van der Waals surface area contributed by atoms with E-state index in [1.165, 1.54) is 24.3 Å². The summed E-state index contributed by atoms with van der Waals surface area (Å²) in [6, 6.07) is 5.74. The molecular formula is C12H9F7O2. The van der Waals surface area contributed by atoms with Crippen LogP contribution in [0.25, 0.3) is 0 Å². The van der Waals surface area contributed by atoms with Gasteiger partial charge in [-0.05, 0) is 12.5 Å². The van der Waals surface area contributed by atoms with Crippen molar-refractivity contribution in [2.45, 2.75) is 31.6 Å². The molecular weight excluding hydrogens is 309 g/mol. The first kappa shape index (κ1) is 17.3. The summed E-state index contributed by atoms with van der Waals surface area (Å²) in [7, 11) is 0. The quantitative estimate of drug-likeness (QED) is 0.622. The van der Waals surface area contributed by atoms with Crippen molar-refractivity contribution in [3.05, 3.63) is 35.4 Å². The third-order valence-electron chi connectivity index (χ3n) is 2.50. The number of halogens is 7. The van der Waals surface area contributed by atoms with Crippen molar-refractivity contribution < 1.29 is 40.3 Å². The van der Waals surface area contributed by atoms with E-state index in [1.807, 2.05) is 0 Å². The van der Waals surface area contributed by atoms with Crippen molar-refractivity contribution in [3.8, 4) is 0 Å². The molecule has 0 heterocycles. The Morgan fingerprint density at radius 3 is 1.90 bits per heavy atom. The van der Waals surface area contributed by atoms with Crippen LogP contribution in [-0.2, 0) is 16.1 Å². The van der Waals surface area contributed by atoms with Gasteiger partial charge in [-0.2, -0.15) is 30.7 Å². The van der Waals surface area contributed by atoms with Crippen LogP contribution in [0, 0.1) is 6.92 Å². The van der Waals surface area contributed by atoms with Crippen LogP contribution in [0.3, 0.4) is 0 Å². The second-order valence-corrected chi connectivity index (χ2v) is 4.21. The first-order valence-electron chi connectivity index (χ1n) is 5.44. The molecule has 0 fully saturated rings. The Morgan fingerprint density at radius 1 is 1.00 bits per heavy atom. The Balaban J connectivity index is 2.80. The van der Waals surface area contributed by atoms with E-state index >= 15 is 0 Å². The Hall–Kier alpha value is -1.80. The Morgan fingerprint density at radius 2 is 1.48 bits per heavy atom. The standard InChI is InChI=1S/C12H9F7O2/c1-7-2-4-8(5-3-7)6-21-9(20)10(13,14)11(15,16)12(17,18)19/h2-5H,6H2,1H3. The lowest BCUT2D eigenvalue weighted by molar-refractivity contribution is -0.348. The smallest absolute Gasteiger partial charge is 0.456 e. The summed E-state index contributed by atoms with van der Waals surface area (Å²) in [5, 5.41) is 0. The molecule has 0 unspecified atom stereocenters. The summed E-state index contributed by atoms with van der Waals surface area (Å²) >= 11 is 0. The highest BCUT2D eigenvalue weighted by Gasteiger charge is 2.77. The maximum Gasteiger partial charge on any atom is 0.460 e. The van der Waals surface area contributed by atoms with Gasteiger partial charge < -0.3 is 4.74 Å². The van der Waals surface area contributed by atoms with Crippen molar-refractivity contribution >= 4 is 5.97 Å². The highest BCUT2D eigenvalue weighted by Crippen LogP contribution is 2.47. The summed E-state index contributed by atoms with van der Waals surface area (Å²) in [5.74, 6) is -15.5. The maximum absolute atomic E-state index is 12.9. The zero-order chi connectivity index (χ0) is 16.5. The molecule has 0 amide bonds. The van der Waals surface area contributed by atoms with Gasteiger partial charge in [0, 0.05) is 0 Å². The third kappa shape index (κ3) is 3.45. The molecule has 0 atom stereocenters. The molecule has 0 radical (unpaired) electrons. The second kappa shape index (κ2) is 5.53. The first-order chi connectivity index (χ1) is 9.39. The van der Waals surface area contributed by atoms with E-state index in [1.54, 1.807) is 6.92 Å². The number of benzene rings is 1. The normalized spacial score (nSPS) is 13.1. The molecule has 0 aromatic heterocycles. The van der Waals surface area contributed by atoms with Crippen LogP contribution in [-0.4, -0.2) is 24.0 Å². The van der Waals surface area contributed by atoms with Crippen molar-refractivity contribution in [2.24, 2.45) is 0 Å². The molecule has 0 N–H and O–H groups in total. The van der Waals surface area contributed by atoms with Gasteiger partial charge in [-0.3, -0.25) is 0 Å². The van der Waals surface area contributed by atoms with Gasteiger partial charge in [0.1, 0.15) is 6.61 Å². The van der Waals surface area contributed by atoms with Crippen molar-refractivity contribution in [1.29, 1.82) is 0 Å². The van der Waals surface area contributed by atoms with E-state index in [4.69, 9.17) is 0 Å². The van der Waals surface area contributed by atoms with Gasteiger partial charge in [0.05, 0.1) is 0 Å². The molecule has 1 aromatic rings. The van der Waals surface area contributed by atoms with E-state index in [9.17, 15) is 35.5 Å². The van der Waals surface area contributed by atoms with Gasteiger partial charge >= 0.3 is 24.0 Å². The van der Waals surface area contributed by atoms with Gasteiger partial charge in [-0.1, -0.05) is 29.8 Å². The fraction of sp³-hybridized carbons (Fsp3) is 0.417. The highest BCUT2D eigenvalue weighted by molar-refractivity contribution is 5.79. The van der Waals surface area contributed by atoms with E-state index in [-0.39, 0.29) is 5.56 Å². The molecule has 2 nitrogen and oxygen atoms in total. The Labute approximate surface area is 114 Å². The van der Waals surface area contributed by atoms with Crippen molar-refractivity contribution in [3.63, 3.8) is 0 Å². The van der Waals surface area contributed by atoms with Crippen molar-refractivity contribution in [1.82, 2.24) is 0 Å². The molecule has 0 aliphatic carbocycles. The minimum absolute atomic E-state index is 0.167. The van der Waals surface area contributed by atoms with Crippen LogP contribution in [0.5, 0.6) is 0 Å². The third-order valence-corrected chi connectivity index (χ3v) is 2.50. The molecule has 21 heavy (non-hydrogen) atoms. The van der Waals surface area contributed by atoms with Crippen LogP contribution in [0.4, 0.5) is 30.7 Å². The van der Waals surface area contributed by atoms with Gasteiger partial charge in [-0.15, -0.1) is 0 Å².